The molecule has 0 bridgehead atoms. The first-order chi connectivity index (χ1) is 13.6. The largest absolute Gasteiger partial charge is 0.418 e. The molecule has 1 atom stereocenters. The van der Waals surface area contributed by atoms with Gasteiger partial charge in [0.05, 0.1) is 0 Å². The molecule has 0 aliphatic rings. The van der Waals surface area contributed by atoms with Crippen LogP contribution in [0, 0.1) is 19.7 Å². The second kappa shape index (κ2) is 7.64. The Morgan fingerprint density at radius 2 is 1.64 bits per heavy atom. The molecule has 3 aromatic carbocycles. The molecular weight excluding hydrogens is 353 g/mol. The summed E-state index contributed by atoms with van der Waals surface area (Å²) in [4.78, 5) is 0. The van der Waals surface area contributed by atoms with E-state index in [9.17, 15) is 4.39 Å². The average molecular weight is 373 g/mol. The van der Waals surface area contributed by atoms with Gasteiger partial charge in [-0.3, -0.25) is 0 Å². The van der Waals surface area contributed by atoms with E-state index in [1.54, 1.807) is 18.2 Å². The maximum absolute atomic E-state index is 14.6. The first kappa shape index (κ1) is 17.9. The Balaban J connectivity index is 1.77. The number of anilines is 1. The molecule has 1 heterocycles. The first-order valence-corrected chi connectivity index (χ1v) is 9.09. The van der Waals surface area contributed by atoms with E-state index in [2.05, 4.69) is 15.5 Å². The topological polar surface area (TPSA) is 51.0 Å². The van der Waals surface area contributed by atoms with Crippen LogP contribution in [0.15, 0.2) is 77.2 Å². The standard InChI is InChI=1S/C23H20FN3O/c1-15-12-13-16(2)20(14-15)25-21(18-10-6-7-11-19(18)24)23-27-26-22(28-23)17-8-4-3-5-9-17/h3-14,21,25H,1-2H3/t21-/m1/s1. The molecule has 4 rings (SSSR count). The van der Waals surface area contributed by atoms with Crippen LogP contribution >= 0.6 is 0 Å². The Morgan fingerprint density at radius 1 is 0.893 bits per heavy atom. The summed E-state index contributed by atoms with van der Waals surface area (Å²) >= 11 is 0. The summed E-state index contributed by atoms with van der Waals surface area (Å²) in [7, 11) is 0. The van der Waals surface area contributed by atoms with E-state index in [1.807, 2.05) is 62.4 Å². The summed E-state index contributed by atoms with van der Waals surface area (Å²) in [5, 5.41) is 11.8. The van der Waals surface area contributed by atoms with Crippen LogP contribution in [-0.4, -0.2) is 10.2 Å². The quantitative estimate of drug-likeness (QED) is 0.488. The molecule has 0 radical (unpaired) electrons. The lowest BCUT2D eigenvalue weighted by Crippen LogP contribution is -2.15. The summed E-state index contributed by atoms with van der Waals surface area (Å²) in [5.41, 5.74) is 4.32. The molecule has 0 spiro atoms. The van der Waals surface area contributed by atoms with Gasteiger partial charge in [-0.05, 0) is 49.2 Å². The molecule has 28 heavy (non-hydrogen) atoms. The predicted molar refractivity (Wildman–Crippen MR) is 108 cm³/mol. The third-order valence-corrected chi connectivity index (χ3v) is 4.62. The number of nitrogens with zero attached hydrogens (tertiary/aromatic N) is 2. The average Bonchev–Trinajstić information content (AvgIpc) is 3.20. The van der Waals surface area contributed by atoms with Gasteiger partial charge in [-0.2, -0.15) is 0 Å². The van der Waals surface area contributed by atoms with Gasteiger partial charge in [0.2, 0.25) is 11.8 Å². The summed E-state index contributed by atoms with van der Waals surface area (Å²) in [6, 6.07) is 21.6. The van der Waals surface area contributed by atoms with Gasteiger partial charge in [0.15, 0.2) is 0 Å². The highest BCUT2D eigenvalue weighted by Gasteiger charge is 2.24. The van der Waals surface area contributed by atoms with E-state index < -0.39 is 6.04 Å². The Kier molecular flexibility index (Phi) is 4.89. The van der Waals surface area contributed by atoms with Crippen molar-refractivity contribution in [2.75, 3.05) is 5.32 Å². The zero-order valence-corrected chi connectivity index (χ0v) is 15.7. The maximum Gasteiger partial charge on any atom is 0.247 e. The number of halogens is 1. The second-order valence-electron chi connectivity index (χ2n) is 6.73. The lowest BCUT2D eigenvalue weighted by molar-refractivity contribution is 0.485. The van der Waals surface area contributed by atoms with Crippen molar-refractivity contribution < 1.29 is 8.81 Å². The van der Waals surface area contributed by atoms with Gasteiger partial charge in [-0.1, -0.05) is 48.5 Å². The highest BCUT2D eigenvalue weighted by atomic mass is 19.1. The summed E-state index contributed by atoms with van der Waals surface area (Å²) < 4.78 is 20.5. The molecule has 0 unspecified atom stereocenters. The van der Waals surface area contributed by atoms with Crippen molar-refractivity contribution in [3.05, 3.63) is 101 Å². The van der Waals surface area contributed by atoms with E-state index in [4.69, 9.17) is 4.42 Å². The second-order valence-corrected chi connectivity index (χ2v) is 6.73. The van der Waals surface area contributed by atoms with E-state index in [0.717, 1.165) is 22.4 Å². The van der Waals surface area contributed by atoms with E-state index in [-0.39, 0.29) is 5.82 Å². The van der Waals surface area contributed by atoms with Crippen LogP contribution in [0.4, 0.5) is 10.1 Å². The number of aromatic nitrogens is 2. The van der Waals surface area contributed by atoms with Crippen molar-refractivity contribution in [3.8, 4) is 11.5 Å². The van der Waals surface area contributed by atoms with Gasteiger partial charge < -0.3 is 9.73 Å². The van der Waals surface area contributed by atoms with Crippen LogP contribution < -0.4 is 5.32 Å². The predicted octanol–water partition coefficient (Wildman–Crippen LogP) is 5.69. The number of nitrogens with one attached hydrogen (secondary N) is 1. The highest BCUT2D eigenvalue weighted by molar-refractivity contribution is 5.56. The van der Waals surface area contributed by atoms with Crippen molar-refractivity contribution in [2.24, 2.45) is 0 Å². The van der Waals surface area contributed by atoms with Crippen LogP contribution in [0.1, 0.15) is 28.6 Å². The van der Waals surface area contributed by atoms with Crippen molar-refractivity contribution in [1.82, 2.24) is 10.2 Å². The third-order valence-electron chi connectivity index (χ3n) is 4.62. The molecule has 5 heteroatoms. The minimum atomic E-state index is -0.605. The van der Waals surface area contributed by atoms with Crippen LogP contribution in [0.3, 0.4) is 0 Å². The Morgan fingerprint density at radius 3 is 2.43 bits per heavy atom. The monoisotopic (exact) mass is 373 g/mol. The molecule has 1 N–H and O–H groups in total. The van der Waals surface area contributed by atoms with Gasteiger partial charge in [0, 0.05) is 16.8 Å². The summed E-state index contributed by atoms with van der Waals surface area (Å²) in [5.74, 6) is 0.384. The van der Waals surface area contributed by atoms with Crippen LogP contribution in [0.25, 0.3) is 11.5 Å². The van der Waals surface area contributed by atoms with Gasteiger partial charge >= 0.3 is 0 Å². The van der Waals surface area contributed by atoms with Crippen molar-refractivity contribution in [1.29, 1.82) is 0 Å². The molecule has 0 amide bonds. The lowest BCUT2D eigenvalue weighted by atomic mass is 10.0. The zero-order chi connectivity index (χ0) is 19.5. The van der Waals surface area contributed by atoms with Crippen molar-refractivity contribution in [2.45, 2.75) is 19.9 Å². The molecule has 4 aromatic rings. The fourth-order valence-corrected chi connectivity index (χ4v) is 3.08. The molecule has 0 aliphatic heterocycles. The van der Waals surface area contributed by atoms with Gasteiger partial charge in [0.25, 0.3) is 0 Å². The first-order valence-electron chi connectivity index (χ1n) is 9.09. The minimum absolute atomic E-state index is 0.310. The number of benzene rings is 3. The summed E-state index contributed by atoms with van der Waals surface area (Å²) in [6.07, 6.45) is 0. The highest BCUT2D eigenvalue weighted by Crippen LogP contribution is 2.31. The molecule has 1 aromatic heterocycles. The van der Waals surface area contributed by atoms with E-state index in [1.165, 1.54) is 6.07 Å². The van der Waals surface area contributed by atoms with Crippen LogP contribution in [0.2, 0.25) is 0 Å². The SMILES string of the molecule is Cc1ccc(C)c(N[C@@H](c2nnc(-c3ccccc3)o2)c2ccccc2F)c1. The fourth-order valence-electron chi connectivity index (χ4n) is 3.08. The molecule has 0 saturated carbocycles. The third kappa shape index (κ3) is 3.64. The Bertz CT molecular complexity index is 1090. The maximum atomic E-state index is 14.6. The molecular formula is C23H20FN3O. The zero-order valence-electron chi connectivity index (χ0n) is 15.7. The fraction of sp³-hybridized carbons (Fsp3) is 0.130. The number of hydrogen-bond acceptors (Lipinski definition) is 4. The van der Waals surface area contributed by atoms with E-state index >= 15 is 0 Å². The molecule has 0 fully saturated rings. The molecule has 0 aliphatic carbocycles. The van der Waals surface area contributed by atoms with Crippen LogP contribution in [-0.2, 0) is 0 Å². The summed E-state index contributed by atoms with van der Waals surface area (Å²) in [6.45, 7) is 4.02. The number of aryl methyl sites for hydroxylation is 2. The Hall–Kier alpha value is -3.47. The number of hydrogen-bond donors (Lipinski definition) is 1. The molecule has 0 saturated heterocycles. The van der Waals surface area contributed by atoms with Crippen LogP contribution in [0.5, 0.6) is 0 Å². The van der Waals surface area contributed by atoms with Gasteiger partial charge in [-0.15, -0.1) is 10.2 Å². The molecule has 4 nitrogen and oxygen atoms in total. The van der Waals surface area contributed by atoms with Gasteiger partial charge in [0.1, 0.15) is 11.9 Å². The smallest absolute Gasteiger partial charge is 0.247 e. The van der Waals surface area contributed by atoms with Gasteiger partial charge in [-0.25, -0.2) is 4.39 Å². The minimum Gasteiger partial charge on any atom is -0.418 e. The lowest BCUT2D eigenvalue weighted by Gasteiger charge is -2.19. The Labute approximate surface area is 163 Å². The normalized spacial score (nSPS) is 12.0. The van der Waals surface area contributed by atoms with E-state index in [0.29, 0.717) is 17.3 Å². The van der Waals surface area contributed by atoms with Crippen molar-refractivity contribution in [3.63, 3.8) is 0 Å². The molecule has 140 valence electrons. The number of rotatable bonds is 5. The van der Waals surface area contributed by atoms with Crippen molar-refractivity contribution >= 4 is 5.69 Å².